The Balaban J connectivity index is 1.63. The maximum Gasteiger partial charge on any atom is 0.318 e. The van der Waals surface area contributed by atoms with Crippen LogP contribution in [0, 0.1) is 0 Å². The summed E-state index contributed by atoms with van der Waals surface area (Å²) >= 11 is 0. The largest absolute Gasteiger partial charge is 0.481 e. The minimum Gasteiger partial charge on any atom is -0.481 e. The summed E-state index contributed by atoms with van der Waals surface area (Å²) < 4.78 is 5.18. The van der Waals surface area contributed by atoms with Crippen LogP contribution >= 0.6 is 0 Å². The van der Waals surface area contributed by atoms with Gasteiger partial charge in [-0.2, -0.15) is 4.98 Å². The first-order valence-electron chi connectivity index (χ1n) is 9.97. The van der Waals surface area contributed by atoms with Gasteiger partial charge in [0.25, 0.3) is 0 Å². The van der Waals surface area contributed by atoms with E-state index in [-0.39, 0.29) is 24.0 Å². The quantitative estimate of drug-likeness (QED) is 0.828. The van der Waals surface area contributed by atoms with E-state index in [4.69, 9.17) is 4.74 Å². The van der Waals surface area contributed by atoms with E-state index in [0.29, 0.717) is 38.0 Å². The minimum atomic E-state index is -0.363. The molecule has 0 saturated carbocycles. The second-order valence-corrected chi connectivity index (χ2v) is 7.52. The molecule has 28 heavy (non-hydrogen) atoms. The molecular weight excluding hydrogens is 360 g/mol. The molecule has 2 fully saturated rings. The van der Waals surface area contributed by atoms with Gasteiger partial charge in [-0.3, -0.25) is 4.79 Å². The molecule has 9 nitrogen and oxygen atoms in total. The number of carbonyl (C=O) groups is 2. The molecule has 0 radical (unpaired) electrons. The smallest absolute Gasteiger partial charge is 0.318 e. The van der Waals surface area contributed by atoms with E-state index in [9.17, 15) is 9.59 Å². The summed E-state index contributed by atoms with van der Waals surface area (Å²) in [6, 6.07) is 1.26. The lowest BCUT2D eigenvalue weighted by atomic mass is 10.2. The Labute approximate surface area is 166 Å². The number of likely N-dealkylation sites (tertiary alicyclic amines) is 1. The van der Waals surface area contributed by atoms with E-state index in [1.54, 1.807) is 24.3 Å². The van der Waals surface area contributed by atoms with Crippen molar-refractivity contribution in [1.29, 1.82) is 0 Å². The summed E-state index contributed by atoms with van der Waals surface area (Å²) in [5.74, 6) is 1.19. The SMILES string of the molecule is COc1ccnc(N2CCCN(C(=O)[C@@H]3CCCN3C(=O)NC(C)C)CC2)n1. The van der Waals surface area contributed by atoms with Crippen LogP contribution in [0.3, 0.4) is 0 Å². The zero-order valence-electron chi connectivity index (χ0n) is 16.9. The highest BCUT2D eigenvalue weighted by atomic mass is 16.5. The van der Waals surface area contributed by atoms with Crippen LogP contribution in [0.15, 0.2) is 12.3 Å². The van der Waals surface area contributed by atoms with E-state index >= 15 is 0 Å². The van der Waals surface area contributed by atoms with Crippen LogP contribution in [0.25, 0.3) is 0 Å². The highest BCUT2D eigenvalue weighted by Gasteiger charge is 2.37. The Hall–Kier alpha value is -2.58. The first kappa shape index (κ1) is 20.2. The van der Waals surface area contributed by atoms with E-state index in [2.05, 4.69) is 20.2 Å². The first-order chi connectivity index (χ1) is 13.5. The topological polar surface area (TPSA) is 90.9 Å². The molecule has 2 saturated heterocycles. The number of amides is 3. The average molecular weight is 390 g/mol. The number of carbonyl (C=O) groups excluding carboxylic acids is 2. The molecule has 1 aromatic rings. The number of anilines is 1. The maximum atomic E-state index is 13.1. The zero-order chi connectivity index (χ0) is 20.1. The van der Waals surface area contributed by atoms with Gasteiger partial charge in [-0.15, -0.1) is 0 Å². The van der Waals surface area contributed by atoms with Crippen LogP contribution in [0.2, 0.25) is 0 Å². The van der Waals surface area contributed by atoms with Gasteiger partial charge in [0.1, 0.15) is 6.04 Å². The number of aromatic nitrogens is 2. The number of nitrogens with one attached hydrogen (secondary N) is 1. The second kappa shape index (κ2) is 9.07. The molecule has 3 amide bonds. The van der Waals surface area contributed by atoms with Gasteiger partial charge >= 0.3 is 6.03 Å². The molecule has 0 spiro atoms. The molecule has 0 aliphatic carbocycles. The monoisotopic (exact) mass is 390 g/mol. The van der Waals surface area contributed by atoms with Crippen molar-refractivity contribution in [2.45, 2.75) is 45.2 Å². The summed E-state index contributed by atoms with van der Waals surface area (Å²) in [5, 5.41) is 2.90. The molecular formula is C19H30N6O3. The van der Waals surface area contributed by atoms with Gasteiger partial charge < -0.3 is 24.8 Å². The molecule has 1 aromatic heterocycles. The Kier molecular flexibility index (Phi) is 6.53. The predicted octanol–water partition coefficient (Wildman–Crippen LogP) is 1.11. The zero-order valence-corrected chi connectivity index (χ0v) is 16.9. The number of nitrogens with zero attached hydrogens (tertiary/aromatic N) is 5. The summed E-state index contributed by atoms with van der Waals surface area (Å²) in [5.41, 5.74) is 0. The molecule has 2 aliphatic rings. The van der Waals surface area contributed by atoms with Crippen LogP contribution in [-0.2, 0) is 4.79 Å². The van der Waals surface area contributed by atoms with Gasteiger partial charge in [-0.25, -0.2) is 9.78 Å². The van der Waals surface area contributed by atoms with Gasteiger partial charge in [0, 0.05) is 51.0 Å². The molecule has 3 heterocycles. The second-order valence-electron chi connectivity index (χ2n) is 7.52. The standard InChI is InChI=1S/C19H30N6O3/c1-14(2)21-19(27)25-11-4-6-15(25)17(26)23-9-5-10-24(13-12-23)18-20-8-7-16(22-18)28-3/h7-8,14-15H,4-6,9-13H2,1-3H3,(H,21,27)/t15-/m0/s1. The molecule has 3 rings (SSSR count). The van der Waals surface area contributed by atoms with Crippen LogP contribution in [0.1, 0.15) is 33.1 Å². The van der Waals surface area contributed by atoms with E-state index in [1.165, 1.54) is 0 Å². The maximum absolute atomic E-state index is 13.1. The van der Waals surface area contributed by atoms with Crippen LogP contribution < -0.4 is 15.0 Å². The number of hydrogen-bond acceptors (Lipinski definition) is 6. The van der Waals surface area contributed by atoms with Crippen molar-refractivity contribution >= 4 is 17.9 Å². The van der Waals surface area contributed by atoms with E-state index in [1.807, 2.05) is 18.7 Å². The fourth-order valence-electron chi connectivity index (χ4n) is 3.74. The van der Waals surface area contributed by atoms with E-state index < -0.39 is 0 Å². The normalized spacial score (nSPS) is 20.3. The summed E-state index contributed by atoms with van der Waals surface area (Å²) in [7, 11) is 1.58. The van der Waals surface area contributed by atoms with Crippen LogP contribution in [0.4, 0.5) is 10.7 Å². The van der Waals surface area contributed by atoms with Crippen molar-refractivity contribution in [2.24, 2.45) is 0 Å². The fraction of sp³-hybridized carbons (Fsp3) is 0.684. The Morgan fingerprint density at radius 2 is 2.00 bits per heavy atom. The van der Waals surface area contributed by atoms with Crippen molar-refractivity contribution in [3.8, 4) is 5.88 Å². The highest BCUT2D eigenvalue weighted by molar-refractivity contribution is 5.87. The van der Waals surface area contributed by atoms with Crippen molar-refractivity contribution < 1.29 is 14.3 Å². The molecule has 1 atom stereocenters. The van der Waals surface area contributed by atoms with Gasteiger partial charge in [0.15, 0.2) is 0 Å². The predicted molar refractivity (Wildman–Crippen MR) is 105 cm³/mol. The van der Waals surface area contributed by atoms with Crippen molar-refractivity contribution in [2.75, 3.05) is 44.7 Å². The first-order valence-corrected chi connectivity index (χ1v) is 9.97. The van der Waals surface area contributed by atoms with Crippen molar-refractivity contribution in [3.63, 3.8) is 0 Å². The van der Waals surface area contributed by atoms with Crippen LogP contribution in [0.5, 0.6) is 5.88 Å². The lowest BCUT2D eigenvalue weighted by molar-refractivity contribution is -0.134. The Morgan fingerprint density at radius 3 is 2.75 bits per heavy atom. The summed E-state index contributed by atoms with van der Waals surface area (Å²) in [6.07, 6.45) is 4.10. The molecule has 1 N–H and O–H groups in total. The Bertz CT molecular complexity index is 698. The third-order valence-corrected chi connectivity index (χ3v) is 5.13. The van der Waals surface area contributed by atoms with Gasteiger partial charge in [-0.05, 0) is 33.1 Å². The number of rotatable bonds is 4. The molecule has 9 heteroatoms. The lowest BCUT2D eigenvalue weighted by Gasteiger charge is -2.30. The average Bonchev–Trinajstić information content (AvgIpc) is 3.05. The third kappa shape index (κ3) is 4.63. The number of hydrogen-bond donors (Lipinski definition) is 1. The molecule has 0 unspecified atom stereocenters. The van der Waals surface area contributed by atoms with Gasteiger partial charge in [0.2, 0.25) is 17.7 Å². The number of ether oxygens (including phenoxy) is 1. The van der Waals surface area contributed by atoms with Gasteiger partial charge in [0.05, 0.1) is 7.11 Å². The molecule has 154 valence electrons. The molecule has 0 aromatic carbocycles. The lowest BCUT2D eigenvalue weighted by Crippen LogP contribution is -2.52. The molecule has 2 aliphatic heterocycles. The minimum absolute atomic E-state index is 0.0461. The fourth-order valence-corrected chi connectivity index (χ4v) is 3.74. The van der Waals surface area contributed by atoms with Crippen LogP contribution in [-0.4, -0.2) is 83.6 Å². The highest BCUT2D eigenvalue weighted by Crippen LogP contribution is 2.21. The van der Waals surface area contributed by atoms with Gasteiger partial charge in [-0.1, -0.05) is 0 Å². The molecule has 0 bridgehead atoms. The van der Waals surface area contributed by atoms with Crippen molar-refractivity contribution in [3.05, 3.63) is 12.3 Å². The summed E-state index contributed by atoms with van der Waals surface area (Å²) in [4.78, 5) is 39.9. The summed E-state index contributed by atoms with van der Waals surface area (Å²) in [6.45, 7) is 7.18. The third-order valence-electron chi connectivity index (χ3n) is 5.13. The number of urea groups is 1. The number of methoxy groups -OCH3 is 1. The Morgan fingerprint density at radius 1 is 1.18 bits per heavy atom. The van der Waals surface area contributed by atoms with Crippen molar-refractivity contribution in [1.82, 2.24) is 25.1 Å². The van der Waals surface area contributed by atoms with E-state index in [0.717, 1.165) is 25.8 Å².